The molecule has 1 fully saturated rings. The lowest BCUT2D eigenvalue weighted by molar-refractivity contribution is -0.215. The average molecular weight is 661 g/mol. The maximum atomic E-state index is 13.8. The van der Waals surface area contributed by atoms with Crippen molar-refractivity contribution in [3.05, 3.63) is 149 Å². The summed E-state index contributed by atoms with van der Waals surface area (Å²) in [6.07, 6.45) is -2.24. The van der Waals surface area contributed by atoms with E-state index >= 15 is 0 Å². The predicted molar refractivity (Wildman–Crippen MR) is 179 cm³/mol. The molecule has 0 saturated carbocycles. The number of aryl methyl sites for hydroxylation is 1. The Morgan fingerprint density at radius 1 is 0.694 bits per heavy atom. The van der Waals surface area contributed by atoms with Gasteiger partial charge in [0.15, 0.2) is 12.2 Å². The third kappa shape index (κ3) is 7.47. The summed E-state index contributed by atoms with van der Waals surface area (Å²) < 4.78 is 30.1. The van der Waals surface area contributed by atoms with Crippen molar-refractivity contribution >= 4 is 29.5 Å². The lowest BCUT2D eigenvalue weighted by atomic mass is 9.70. The number of carbonyl (C=O) groups is 4. The van der Waals surface area contributed by atoms with E-state index in [4.69, 9.17) is 23.7 Å². The summed E-state index contributed by atoms with van der Waals surface area (Å²) in [6, 6.07) is 33.1. The first-order valence-corrected chi connectivity index (χ1v) is 16.1. The Morgan fingerprint density at radius 3 is 1.80 bits per heavy atom. The zero-order valence-corrected chi connectivity index (χ0v) is 27.1. The van der Waals surface area contributed by atoms with E-state index in [1.165, 1.54) is 7.11 Å². The molecule has 1 heterocycles. The topological polar surface area (TPSA) is 114 Å². The van der Waals surface area contributed by atoms with Crippen LogP contribution in [0.4, 0.5) is 0 Å². The van der Waals surface area contributed by atoms with Crippen LogP contribution in [0.5, 0.6) is 0 Å². The fraction of sp³-hybridized carbons (Fsp3) is 0.250. The van der Waals surface area contributed by atoms with Gasteiger partial charge in [0.05, 0.1) is 41.7 Å². The number of hydrogen-bond acceptors (Lipinski definition) is 9. The number of fused-ring (bicyclic) bond motifs is 1. The van der Waals surface area contributed by atoms with Gasteiger partial charge in [-0.2, -0.15) is 0 Å². The van der Waals surface area contributed by atoms with Gasteiger partial charge in [-0.3, -0.25) is 4.79 Å². The van der Waals surface area contributed by atoms with Crippen molar-refractivity contribution in [3.63, 3.8) is 0 Å². The van der Waals surface area contributed by atoms with Gasteiger partial charge >= 0.3 is 23.9 Å². The first kappa shape index (κ1) is 33.4. The molecule has 0 spiro atoms. The molecule has 0 amide bonds. The Bertz CT molecular complexity index is 1820. The summed E-state index contributed by atoms with van der Waals surface area (Å²) in [6.45, 7) is 1.61. The number of esters is 4. The molecule has 6 rings (SSSR count). The third-order valence-electron chi connectivity index (χ3n) is 8.83. The van der Waals surface area contributed by atoms with Crippen molar-refractivity contribution in [3.8, 4) is 0 Å². The van der Waals surface area contributed by atoms with Crippen LogP contribution < -0.4 is 0 Å². The Hall–Kier alpha value is -5.54. The number of methoxy groups -OCH3 is 1. The normalized spacial score (nSPS) is 22.9. The van der Waals surface area contributed by atoms with Crippen molar-refractivity contribution in [2.45, 2.75) is 37.8 Å². The first-order chi connectivity index (χ1) is 23.8. The molecule has 2 aliphatic rings. The van der Waals surface area contributed by atoms with Gasteiger partial charge in [-0.15, -0.1) is 0 Å². The number of hydrogen-bond donors (Lipinski definition) is 0. The van der Waals surface area contributed by atoms with E-state index in [-0.39, 0.29) is 24.2 Å². The molecular weight excluding hydrogens is 624 g/mol. The van der Waals surface area contributed by atoms with Gasteiger partial charge in [0.2, 0.25) is 0 Å². The van der Waals surface area contributed by atoms with Crippen LogP contribution in [0.1, 0.15) is 48.6 Å². The second-order valence-corrected chi connectivity index (χ2v) is 12.0. The molecule has 0 N–H and O–H groups in total. The lowest BCUT2D eigenvalue weighted by Crippen LogP contribution is -2.62. The lowest BCUT2D eigenvalue weighted by Gasteiger charge is -2.49. The van der Waals surface area contributed by atoms with Crippen LogP contribution in [0, 0.1) is 18.8 Å². The van der Waals surface area contributed by atoms with Crippen molar-refractivity contribution in [2.24, 2.45) is 11.8 Å². The highest BCUT2D eigenvalue weighted by Gasteiger charge is 2.56. The summed E-state index contributed by atoms with van der Waals surface area (Å²) >= 11 is 0. The zero-order valence-electron chi connectivity index (χ0n) is 27.1. The number of carbonyl (C=O) groups excluding carboxylic acids is 4. The Balaban J connectivity index is 1.46. The quantitative estimate of drug-likeness (QED) is 0.152. The van der Waals surface area contributed by atoms with Crippen LogP contribution in [-0.4, -0.2) is 62.0 Å². The second kappa shape index (κ2) is 15.1. The number of rotatable bonds is 9. The van der Waals surface area contributed by atoms with Crippen LogP contribution in [0.15, 0.2) is 121 Å². The SMILES string of the molecule is COC(=O)C1CC=C(c2cccc(C)c2)C2[C@@H]1O[C@H](COC(=O)c1ccccc1)[C@@H](OC(=O)c1ccccc1)[C@@H]2OC(=O)c1ccccc1. The summed E-state index contributed by atoms with van der Waals surface area (Å²) in [4.78, 5) is 53.9. The van der Waals surface area contributed by atoms with Crippen LogP contribution in [0.2, 0.25) is 0 Å². The molecule has 4 aromatic rings. The third-order valence-corrected chi connectivity index (χ3v) is 8.83. The summed E-state index contributed by atoms with van der Waals surface area (Å²) in [5, 5.41) is 0. The van der Waals surface area contributed by atoms with Gasteiger partial charge in [0.25, 0.3) is 0 Å². The van der Waals surface area contributed by atoms with Crippen LogP contribution >= 0.6 is 0 Å². The maximum absolute atomic E-state index is 13.8. The minimum Gasteiger partial charge on any atom is -0.469 e. The molecule has 9 nitrogen and oxygen atoms in total. The molecule has 9 heteroatoms. The first-order valence-electron chi connectivity index (χ1n) is 16.1. The van der Waals surface area contributed by atoms with Crippen molar-refractivity contribution < 1.29 is 42.9 Å². The van der Waals surface area contributed by atoms with Crippen molar-refractivity contribution in [2.75, 3.05) is 13.7 Å². The molecular formula is C40H36O9. The van der Waals surface area contributed by atoms with E-state index in [1.54, 1.807) is 91.0 Å². The number of allylic oxidation sites excluding steroid dienone is 1. The van der Waals surface area contributed by atoms with Crippen molar-refractivity contribution in [1.29, 1.82) is 0 Å². The van der Waals surface area contributed by atoms with E-state index < -0.39 is 60.1 Å². The zero-order chi connectivity index (χ0) is 34.3. The van der Waals surface area contributed by atoms with Gasteiger partial charge in [-0.05, 0) is 60.9 Å². The fourth-order valence-corrected chi connectivity index (χ4v) is 6.47. The maximum Gasteiger partial charge on any atom is 0.338 e. The van der Waals surface area contributed by atoms with Gasteiger partial charge in [0, 0.05) is 0 Å². The highest BCUT2D eigenvalue weighted by molar-refractivity contribution is 5.91. The van der Waals surface area contributed by atoms with Crippen LogP contribution in [0.3, 0.4) is 0 Å². The summed E-state index contributed by atoms with van der Waals surface area (Å²) in [5.41, 5.74) is 3.47. The molecule has 1 aliphatic carbocycles. The van der Waals surface area contributed by atoms with Crippen LogP contribution in [-0.2, 0) is 28.5 Å². The molecule has 1 saturated heterocycles. The van der Waals surface area contributed by atoms with E-state index in [1.807, 2.05) is 37.3 Å². The number of benzene rings is 4. The Morgan fingerprint density at radius 2 is 1.24 bits per heavy atom. The molecule has 2 unspecified atom stereocenters. The molecule has 1 aliphatic heterocycles. The highest BCUT2D eigenvalue weighted by atomic mass is 16.6. The molecule has 0 radical (unpaired) electrons. The minimum absolute atomic E-state index is 0.267. The molecule has 4 aromatic carbocycles. The summed E-state index contributed by atoms with van der Waals surface area (Å²) in [5.74, 6) is -4.04. The fourth-order valence-electron chi connectivity index (χ4n) is 6.47. The Labute approximate surface area is 284 Å². The van der Waals surface area contributed by atoms with E-state index in [0.717, 1.165) is 16.7 Å². The average Bonchev–Trinajstić information content (AvgIpc) is 3.14. The van der Waals surface area contributed by atoms with Gasteiger partial charge in [-0.25, -0.2) is 14.4 Å². The van der Waals surface area contributed by atoms with Crippen LogP contribution in [0.25, 0.3) is 5.57 Å². The smallest absolute Gasteiger partial charge is 0.338 e. The minimum atomic E-state index is -1.25. The van der Waals surface area contributed by atoms with Gasteiger partial charge in [0.1, 0.15) is 12.7 Å². The van der Waals surface area contributed by atoms with Crippen molar-refractivity contribution in [1.82, 2.24) is 0 Å². The largest absolute Gasteiger partial charge is 0.469 e. The molecule has 0 aromatic heterocycles. The second-order valence-electron chi connectivity index (χ2n) is 12.0. The monoisotopic (exact) mass is 660 g/mol. The van der Waals surface area contributed by atoms with Gasteiger partial charge < -0.3 is 23.7 Å². The molecule has 49 heavy (non-hydrogen) atoms. The standard InChI is InChI=1S/C40H36O9/c1-25-13-12-20-29(23-25)30-21-22-31(40(44)45-2)34-33(30)36(49-39(43)28-18-10-5-11-19-28)35(48-38(42)27-16-8-4-9-17-27)32(47-34)24-46-37(41)26-14-6-3-7-15-26/h3-21,23,31-36H,22,24H2,1-2H3/t31?,32-,33?,34-,35-,36-/m1/s1. The van der Waals surface area contributed by atoms with E-state index in [0.29, 0.717) is 5.56 Å². The molecule has 250 valence electrons. The number of ether oxygens (including phenoxy) is 5. The molecule has 0 bridgehead atoms. The Kier molecular flexibility index (Phi) is 10.3. The van der Waals surface area contributed by atoms with Gasteiger partial charge in [-0.1, -0.05) is 90.5 Å². The van der Waals surface area contributed by atoms with E-state index in [2.05, 4.69) is 0 Å². The predicted octanol–water partition coefficient (Wildman–Crippen LogP) is 6.26. The molecule has 6 atom stereocenters. The summed E-state index contributed by atoms with van der Waals surface area (Å²) in [7, 11) is 1.30. The van der Waals surface area contributed by atoms with E-state index in [9.17, 15) is 19.2 Å². The highest BCUT2D eigenvalue weighted by Crippen LogP contribution is 2.46.